The van der Waals surface area contributed by atoms with Gasteiger partial charge in [-0.1, -0.05) is 79.0 Å². The molecule has 5 rings (SSSR count). The molecule has 0 radical (unpaired) electrons. The number of imidazole rings is 1. The molecule has 2 unspecified atom stereocenters. The Kier molecular flexibility index (Phi) is 7.99. The largest absolute Gasteiger partial charge is 0.409 e. The fraction of sp³-hybridized carbons (Fsp3) is 0.379. The lowest BCUT2D eigenvalue weighted by atomic mass is 9.83. The zero-order valence-corrected chi connectivity index (χ0v) is 22.9. The maximum absolute atomic E-state index is 10.8. The minimum Gasteiger partial charge on any atom is -0.409 e. The number of anilines is 1. The summed E-state index contributed by atoms with van der Waals surface area (Å²) in [4.78, 5) is 14.2. The fourth-order valence-electron chi connectivity index (χ4n) is 5.37. The van der Waals surface area contributed by atoms with Crippen molar-refractivity contribution >= 4 is 34.5 Å². The minimum atomic E-state index is -0.692. The van der Waals surface area contributed by atoms with E-state index in [2.05, 4.69) is 26.9 Å². The van der Waals surface area contributed by atoms with E-state index in [4.69, 9.17) is 27.3 Å². The van der Waals surface area contributed by atoms with Crippen LogP contribution in [0.5, 0.6) is 0 Å². The van der Waals surface area contributed by atoms with Crippen molar-refractivity contribution in [2.24, 2.45) is 22.7 Å². The average molecular weight is 548 g/mol. The molecule has 0 spiro atoms. The predicted molar refractivity (Wildman–Crippen MR) is 154 cm³/mol. The minimum absolute atomic E-state index is 0.0674. The molecule has 0 bridgehead atoms. The van der Waals surface area contributed by atoms with Crippen LogP contribution in [0, 0.1) is 11.8 Å². The van der Waals surface area contributed by atoms with Gasteiger partial charge in [-0.25, -0.2) is 9.97 Å². The molecule has 0 amide bonds. The number of oxime groups is 1. The van der Waals surface area contributed by atoms with Gasteiger partial charge in [0.1, 0.15) is 11.2 Å². The van der Waals surface area contributed by atoms with Crippen molar-refractivity contribution < 1.29 is 10.3 Å². The number of nitrogens with zero attached hydrogens (tertiary/aromatic N) is 5. The molecule has 4 aromatic rings. The molecule has 0 saturated heterocycles. The molecule has 1 fully saturated rings. The maximum Gasteiger partial charge on any atom is 0.208 e. The van der Waals surface area contributed by atoms with Crippen LogP contribution in [-0.2, 0) is 6.54 Å². The van der Waals surface area contributed by atoms with E-state index in [9.17, 15) is 10.3 Å². The van der Waals surface area contributed by atoms with E-state index in [1.165, 1.54) is 12.8 Å². The van der Waals surface area contributed by atoms with Crippen LogP contribution in [0.15, 0.2) is 59.8 Å². The first-order valence-corrected chi connectivity index (χ1v) is 13.7. The number of rotatable bonds is 8. The Balaban J connectivity index is 1.71. The third-order valence-corrected chi connectivity index (χ3v) is 7.77. The molecule has 2 atom stereocenters. The highest BCUT2D eigenvalue weighted by atomic mass is 35.5. The lowest BCUT2D eigenvalue weighted by molar-refractivity contribution is 0.171. The fourth-order valence-corrected chi connectivity index (χ4v) is 5.56. The summed E-state index contributed by atoms with van der Waals surface area (Å²) in [5.41, 5.74) is 9.36. The molecule has 0 aliphatic heterocycles. The third kappa shape index (κ3) is 5.84. The van der Waals surface area contributed by atoms with Crippen molar-refractivity contribution in [1.29, 1.82) is 0 Å². The van der Waals surface area contributed by atoms with Crippen LogP contribution < -0.4 is 11.1 Å². The summed E-state index contributed by atoms with van der Waals surface area (Å²) in [6, 6.07) is 16.8. The molecular formula is C29H34ClN7O2. The number of aromatic nitrogens is 4. The quantitative estimate of drug-likeness (QED) is 0.0975. The van der Waals surface area contributed by atoms with E-state index >= 15 is 0 Å². The van der Waals surface area contributed by atoms with Gasteiger partial charge in [0.25, 0.3) is 0 Å². The molecule has 2 heterocycles. The van der Waals surface area contributed by atoms with Crippen molar-refractivity contribution in [3.63, 3.8) is 0 Å². The second-order valence-electron chi connectivity index (χ2n) is 10.5. The third-order valence-electron chi connectivity index (χ3n) is 7.54. The van der Waals surface area contributed by atoms with Gasteiger partial charge in [-0.15, -0.1) is 0 Å². The van der Waals surface area contributed by atoms with Crippen molar-refractivity contribution in [3.05, 3.63) is 71.0 Å². The normalized spacial score (nSPS) is 19.6. The molecule has 1 aliphatic rings. The number of aliphatic hydroxyl groups is 1. The number of hydrogen-bond donors (Lipinski definition) is 4. The maximum atomic E-state index is 10.8. The number of amidine groups is 1. The highest BCUT2D eigenvalue weighted by Gasteiger charge is 2.27. The highest BCUT2D eigenvalue weighted by molar-refractivity contribution is 6.30. The molecule has 10 heteroatoms. The van der Waals surface area contributed by atoms with Gasteiger partial charge in [0.2, 0.25) is 17.6 Å². The Bertz CT molecular complexity index is 1460. The summed E-state index contributed by atoms with van der Waals surface area (Å²) in [6.07, 6.45) is 3.92. The summed E-state index contributed by atoms with van der Waals surface area (Å²) in [7, 11) is 0. The number of hydrogen-bond acceptors (Lipinski definition) is 7. The number of benzene rings is 2. The van der Waals surface area contributed by atoms with E-state index in [-0.39, 0.29) is 11.7 Å². The van der Waals surface area contributed by atoms with E-state index in [0.29, 0.717) is 34.8 Å². The Morgan fingerprint density at radius 1 is 1.10 bits per heavy atom. The molecular weight excluding hydrogens is 514 g/mol. The molecule has 204 valence electrons. The molecule has 2 aromatic carbocycles. The van der Waals surface area contributed by atoms with Crippen LogP contribution in [0.2, 0.25) is 5.02 Å². The van der Waals surface area contributed by atoms with Gasteiger partial charge in [0.05, 0.1) is 12.1 Å². The number of halogens is 1. The van der Waals surface area contributed by atoms with Gasteiger partial charge in [-0.2, -0.15) is 4.98 Å². The Hall–Kier alpha value is -3.69. The topological polar surface area (TPSA) is 134 Å². The second kappa shape index (κ2) is 11.6. The molecule has 39 heavy (non-hydrogen) atoms. The summed E-state index contributed by atoms with van der Waals surface area (Å²) in [5.74, 6) is 1.61. The van der Waals surface area contributed by atoms with Gasteiger partial charge >= 0.3 is 0 Å². The second-order valence-corrected chi connectivity index (χ2v) is 10.9. The van der Waals surface area contributed by atoms with Crippen LogP contribution in [0.3, 0.4) is 0 Å². The van der Waals surface area contributed by atoms with Gasteiger partial charge in [-0.05, 0) is 49.3 Å². The van der Waals surface area contributed by atoms with Gasteiger partial charge in [0.15, 0.2) is 5.65 Å². The van der Waals surface area contributed by atoms with Gasteiger partial charge in [0, 0.05) is 17.1 Å². The SMILES string of the molecule is CC1CCC(Cn2c(NC(c3ccccc3)C(C)O)nc3nc(C(N)=NO)nc(-c4cccc(Cl)c4)c32)CC1. The summed E-state index contributed by atoms with van der Waals surface area (Å²) in [6.45, 7) is 4.78. The van der Waals surface area contributed by atoms with Crippen molar-refractivity contribution in [2.75, 3.05) is 5.32 Å². The van der Waals surface area contributed by atoms with Crippen molar-refractivity contribution in [3.8, 4) is 11.3 Å². The van der Waals surface area contributed by atoms with Crippen LogP contribution in [0.25, 0.3) is 22.4 Å². The summed E-state index contributed by atoms with van der Waals surface area (Å²) < 4.78 is 2.13. The van der Waals surface area contributed by atoms with Crippen LogP contribution in [0.1, 0.15) is 57.0 Å². The summed E-state index contributed by atoms with van der Waals surface area (Å²) in [5, 5.41) is 27.3. The van der Waals surface area contributed by atoms with Crippen LogP contribution >= 0.6 is 11.6 Å². The van der Waals surface area contributed by atoms with E-state index < -0.39 is 12.1 Å². The first kappa shape index (κ1) is 26.9. The lowest BCUT2D eigenvalue weighted by Crippen LogP contribution is -2.26. The average Bonchev–Trinajstić information content (AvgIpc) is 3.28. The standard InChI is InChI=1S/C29H34ClN7O2/c1-17-11-13-19(14-12-17)16-37-25-24(21-9-6-10-22(30)15-21)32-28(26(31)36-39)34-27(25)35-29(37)33-23(18(2)38)20-7-4-3-5-8-20/h3-10,15,17-19,23,38-39H,11-14,16H2,1-2H3,(H2,31,36)(H,32,33,34,35). The van der Waals surface area contributed by atoms with Crippen molar-refractivity contribution in [2.45, 2.75) is 58.2 Å². The first-order chi connectivity index (χ1) is 18.8. The smallest absolute Gasteiger partial charge is 0.208 e. The van der Waals surface area contributed by atoms with Crippen molar-refractivity contribution in [1.82, 2.24) is 19.5 Å². The van der Waals surface area contributed by atoms with Crippen LogP contribution in [-0.4, -0.2) is 41.8 Å². The Morgan fingerprint density at radius 3 is 2.51 bits per heavy atom. The van der Waals surface area contributed by atoms with Crippen LogP contribution in [0.4, 0.5) is 5.95 Å². The Morgan fingerprint density at radius 2 is 1.85 bits per heavy atom. The number of nitrogens with two attached hydrogens (primary N) is 1. The molecule has 5 N–H and O–H groups in total. The molecule has 1 aliphatic carbocycles. The summed E-state index contributed by atoms with van der Waals surface area (Å²) >= 11 is 6.37. The molecule has 1 saturated carbocycles. The predicted octanol–water partition coefficient (Wildman–Crippen LogP) is 5.60. The monoisotopic (exact) mass is 547 g/mol. The Labute approximate surface area is 232 Å². The van der Waals surface area contributed by atoms with E-state index in [1.807, 2.05) is 48.5 Å². The van der Waals surface area contributed by atoms with E-state index in [1.54, 1.807) is 13.0 Å². The molecule has 9 nitrogen and oxygen atoms in total. The van der Waals surface area contributed by atoms with Gasteiger partial charge in [-0.3, -0.25) is 0 Å². The van der Waals surface area contributed by atoms with Gasteiger partial charge < -0.3 is 25.9 Å². The number of nitrogens with one attached hydrogen (secondary N) is 1. The lowest BCUT2D eigenvalue weighted by Gasteiger charge is -2.28. The number of aliphatic hydroxyl groups excluding tert-OH is 1. The zero-order valence-electron chi connectivity index (χ0n) is 22.1. The van der Waals surface area contributed by atoms with E-state index in [0.717, 1.165) is 35.4 Å². The zero-order chi connectivity index (χ0) is 27.5. The number of fused-ring (bicyclic) bond motifs is 1. The highest BCUT2D eigenvalue weighted by Crippen LogP contribution is 2.36. The molecule has 2 aromatic heterocycles. The first-order valence-electron chi connectivity index (χ1n) is 13.4.